The van der Waals surface area contributed by atoms with E-state index < -0.39 is 0 Å². The van der Waals surface area contributed by atoms with E-state index in [0.717, 1.165) is 70.6 Å². The van der Waals surface area contributed by atoms with E-state index in [-0.39, 0.29) is 24.0 Å². The minimum Gasteiger partial charge on any atom is -0.369 e. The van der Waals surface area contributed by atoms with Crippen molar-refractivity contribution in [1.82, 2.24) is 20.5 Å². The molecule has 1 aromatic carbocycles. The zero-order chi connectivity index (χ0) is 23.0. The molecule has 2 aromatic rings. The van der Waals surface area contributed by atoms with Crippen molar-refractivity contribution in [3.8, 4) is 0 Å². The van der Waals surface area contributed by atoms with Crippen LogP contribution in [0.4, 0.5) is 11.5 Å². The molecule has 0 saturated carbocycles. The molecule has 1 atom stereocenters. The van der Waals surface area contributed by atoms with Gasteiger partial charge in [0.2, 0.25) is 0 Å². The van der Waals surface area contributed by atoms with E-state index in [2.05, 4.69) is 87.5 Å². The Labute approximate surface area is 222 Å². The number of nitrogens with zero attached hydrogens (tertiary/aromatic N) is 5. The summed E-state index contributed by atoms with van der Waals surface area (Å²) in [5.74, 6) is 1.96. The maximum atomic E-state index is 4.89. The average Bonchev–Trinajstić information content (AvgIpc) is 3.32. The second-order valence-corrected chi connectivity index (χ2v) is 9.05. The minimum absolute atomic E-state index is 0. The van der Waals surface area contributed by atoms with Gasteiger partial charge in [-0.25, -0.2) is 9.98 Å². The predicted octanol–water partition coefficient (Wildman–Crippen LogP) is 3.48. The van der Waals surface area contributed by atoms with Gasteiger partial charge in [-0.05, 0) is 56.6 Å². The summed E-state index contributed by atoms with van der Waals surface area (Å²) < 4.78 is 0. The van der Waals surface area contributed by atoms with Gasteiger partial charge in [0.05, 0.1) is 6.54 Å². The first-order chi connectivity index (χ1) is 16.1. The number of benzene rings is 1. The summed E-state index contributed by atoms with van der Waals surface area (Å²) in [6.45, 7) is 15.5. The predicted molar refractivity (Wildman–Crippen MR) is 154 cm³/mol. The number of halogens is 1. The molecule has 0 bridgehead atoms. The number of aromatic nitrogens is 1. The summed E-state index contributed by atoms with van der Waals surface area (Å²) in [5, 5.41) is 7.07. The van der Waals surface area contributed by atoms with Crippen LogP contribution < -0.4 is 20.4 Å². The number of pyridine rings is 1. The lowest BCUT2D eigenvalue weighted by atomic mass is 10.2. The van der Waals surface area contributed by atoms with Crippen LogP contribution in [0.2, 0.25) is 0 Å². The van der Waals surface area contributed by atoms with E-state index in [1.54, 1.807) is 0 Å². The molecule has 3 heterocycles. The van der Waals surface area contributed by atoms with Crippen molar-refractivity contribution in [3.63, 3.8) is 0 Å². The molecule has 1 aromatic heterocycles. The van der Waals surface area contributed by atoms with Gasteiger partial charge in [0.15, 0.2) is 5.96 Å². The Morgan fingerprint density at radius 1 is 1.03 bits per heavy atom. The third-order valence-corrected chi connectivity index (χ3v) is 6.65. The number of hydrogen-bond donors (Lipinski definition) is 2. The van der Waals surface area contributed by atoms with Gasteiger partial charge >= 0.3 is 0 Å². The summed E-state index contributed by atoms with van der Waals surface area (Å²) in [5.41, 5.74) is 3.80. The number of anilines is 2. The van der Waals surface area contributed by atoms with Gasteiger partial charge in [0.25, 0.3) is 0 Å². The molecule has 2 aliphatic rings. The zero-order valence-corrected chi connectivity index (χ0v) is 23.2. The second kappa shape index (κ2) is 13.1. The molecular weight excluding hydrogens is 537 g/mol. The van der Waals surface area contributed by atoms with E-state index in [9.17, 15) is 0 Å². The van der Waals surface area contributed by atoms with Gasteiger partial charge in [-0.1, -0.05) is 24.6 Å². The summed E-state index contributed by atoms with van der Waals surface area (Å²) in [6.07, 6.45) is 3.03. The van der Waals surface area contributed by atoms with Crippen LogP contribution in [0.15, 0.2) is 47.6 Å². The molecule has 7 nitrogen and oxygen atoms in total. The van der Waals surface area contributed by atoms with Gasteiger partial charge in [0.1, 0.15) is 5.82 Å². The Morgan fingerprint density at radius 3 is 2.50 bits per heavy atom. The van der Waals surface area contributed by atoms with Crippen LogP contribution in [0.25, 0.3) is 0 Å². The summed E-state index contributed by atoms with van der Waals surface area (Å²) in [6, 6.07) is 13.5. The number of hydrogen-bond acceptors (Lipinski definition) is 5. The number of aliphatic imine (C=N–C) groups is 1. The molecule has 186 valence electrons. The standard InChI is InChI=1S/C26H39N7.HI/c1-4-27-26(30-23-11-13-33(20-23)24-8-6-21(3)7-9-24)29-19-22-10-12-28-25(18-22)32-16-14-31(5-2)15-17-32;/h6-10,12,18,23H,4-5,11,13-17,19-20H2,1-3H3,(H2,27,29,30);1H. The van der Waals surface area contributed by atoms with Crippen LogP contribution in [0.3, 0.4) is 0 Å². The topological polar surface area (TPSA) is 59.0 Å². The monoisotopic (exact) mass is 577 g/mol. The highest BCUT2D eigenvalue weighted by Crippen LogP contribution is 2.21. The number of piperazine rings is 1. The molecule has 0 amide bonds. The van der Waals surface area contributed by atoms with E-state index >= 15 is 0 Å². The van der Waals surface area contributed by atoms with Crippen molar-refractivity contribution in [3.05, 3.63) is 53.7 Å². The normalized spacial score (nSPS) is 19.1. The molecule has 34 heavy (non-hydrogen) atoms. The first-order valence-corrected chi connectivity index (χ1v) is 12.4. The Kier molecular flexibility index (Phi) is 10.2. The number of likely N-dealkylation sites (N-methyl/N-ethyl adjacent to an activating group) is 1. The molecule has 2 saturated heterocycles. The zero-order valence-electron chi connectivity index (χ0n) is 20.8. The van der Waals surface area contributed by atoms with Crippen molar-refractivity contribution in [2.45, 2.75) is 39.8 Å². The molecular formula is C26H40IN7. The lowest BCUT2D eigenvalue weighted by Crippen LogP contribution is -2.46. The Balaban J connectivity index is 0.00000324. The van der Waals surface area contributed by atoms with Crippen LogP contribution in [0.5, 0.6) is 0 Å². The van der Waals surface area contributed by atoms with Crippen molar-refractivity contribution in [2.24, 2.45) is 4.99 Å². The summed E-state index contributed by atoms with van der Waals surface area (Å²) >= 11 is 0. The number of guanidine groups is 1. The van der Waals surface area contributed by atoms with E-state index in [4.69, 9.17) is 4.99 Å². The number of nitrogens with one attached hydrogen (secondary N) is 2. The van der Waals surface area contributed by atoms with Gasteiger partial charge in [0, 0.05) is 63.7 Å². The highest BCUT2D eigenvalue weighted by Gasteiger charge is 2.23. The van der Waals surface area contributed by atoms with E-state index in [1.165, 1.54) is 16.8 Å². The third kappa shape index (κ3) is 7.21. The van der Waals surface area contributed by atoms with E-state index in [0.29, 0.717) is 12.6 Å². The van der Waals surface area contributed by atoms with Crippen LogP contribution >= 0.6 is 24.0 Å². The molecule has 8 heteroatoms. The maximum absolute atomic E-state index is 4.89. The fourth-order valence-corrected chi connectivity index (χ4v) is 4.58. The van der Waals surface area contributed by atoms with Crippen molar-refractivity contribution < 1.29 is 0 Å². The SMILES string of the molecule is CCNC(=NCc1ccnc(N2CCN(CC)CC2)c1)NC1CCN(c2ccc(C)cc2)C1.I. The maximum Gasteiger partial charge on any atom is 0.191 e. The molecule has 4 rings (SSSR count). The van der Waals surface area contributed by atoms with Gasteiger partial charge in [-0.2, -0.15) is 0 Å². The fourth-order valence-electron chi connectivity index (χ4n) is 4.58. The Hall–Kier alpha value is -2.07. The molecule has 0 radical (unpaired) electrons. The van der Waals surface area contributed by atoms with E-state index in [1.807, 2.05) is 6.20 Å². The van der Waals surface area contributed by atoms with Crippen molar-refractivity contribution in [1.29, 1.82) is 0 Å². The van der Waals surface area contributed by atoms with Crippen LogP contribution in [0, 0.1) is 6.92 Å². The molecule has 2 N–H and O–H groups in total. The highest BCUT2D eigenvalue weighted by molar-refractivity contribution is 14.0. The minimum atomic E-state index is 0. The fraction of sp³-hybridized carbons (Fsp3) is 0.538. The summed E-state index contributed by atoms with van der Waals surface area (Å²) in [7, 11) is 0. The largest absolute Gasteiger partial charge is 0.369 e. The van der Waals surface area contributed by atoms with Crippen LogP contribution in [0.1, 0.15) is 31.4 Å². The van der Waals surface area contributed by atoms with Gasteiger partial charge in [-0.15, -0.1) is 24.0 Å². The summed E-state index contributed by atoms with van der Waals surface area (Å²) in [4.78, 5) is 16.8. The number of aryl methyl sites for hydroxylation is 1. The quantitative estimate of drug-likeness (QED) is 0.299. The lowest BCUT2D eigenvalue weighted by molar-refractivity contribution is 0.270. The smallest absolute Gasteiger partial charge is 0.191 e. The molecule has 2 aliphatic heterocycles. The highest BCUT2D eigenvalue weighted by atomic mass is 127. The Bertz CT molecular complexity index is 910. The Morgan fingerprint density at radius 2 is 1.79 bits per heavy atom. The molecule has 1 unspecified atom stereocenters. The second-order valence-electron chi connectivity index (χ2n) is 9.05. The van der Waals surface area contributed by atoms with Crippen molar-refractivity contribution >= 4 is 41.4 Å². The lowest BCUT2D eigenvalue weighted by Gasteiger charge is -2.34. The average molecular weight is 578 g/mol. The molecule has 0 spiro atoms. The molecule has 0 aliphatic carbocycles. The molecule has 2 fully saturated rings. The van der Waals surface area contributed by atoms with Crippen LogP contribution in [-0.2, 0) is 6.54 Å². The van der Waals surface area contributed by atoms with Crippen LogP contribution in [-0.4, -0.2) is 74.2 Å². The van der Waals surface area contributed by atoms with Crippen molar-refractivity contribution in [2.75, 3.05) is 62.2 Å². The van der Waals surface area contributed by atoms with Gasteiger partial charge < -0.3 is 25.3 Å². The third-order valence-electron chi connectivity index (χ3n) is 6.65. The number of rotatable bonds is 7. The first kappa shape index (κ1) is 26.5. The van der Waals surface area contributed by atoms with Gasteiger partial charge in [-0.3, -0.25) is 0 Å². The first-order valence-electron chi connectivity index (χ1n) is 12.4.